The van der Waals surface area contributed by atoms with Crippen molar-refractivity contribution in [1.29, 1.82) is 0 Å². The van der Waals surface area contributed by atoms with Crippen molar-refractivity contribution in [2.45, 2.75) is 31.8 Å². The molecule has 0 unspecified atom stereocenters. The molecular formula is C9H13NO4S2. The molecule has 0 atom stereocenters. The van der Waals surface area contributed by atoms with Crippen LogP contribution in [0.2, 0.25) is 0 Å². The monoisotopic (exact) mass is 263 g/mol. The maximum absolute atomic E-state index is 11.6. The maximum atomic E-state index is 11.6. The van der Waals surface area contributed by atoms with Crippen molar-refractivity contribution in [2.75, 3.05) is 0 Å². The van der Waals surface area contributed by atoms with Crippen LogP contribution in [0.4, 0.5) is 0 Å². The summed E-state index contributed by atoms with van der Waals surface area (Å²) < 4.78 is 27.5. The zero-order chi connectivity index (χ0) is 12.5. The van der Waals surface area contributed by atoms with Crippen LogP contribution in [0.25, 0.3) is 0 Å². The molecule has 1 aromatic heterocycles. The van der Waals surface area contributed by atoms with Crippen LogP contribution in [0.5, 0.6) is 0 Å². The number of ether oxygens (including phenoxy) is 1. The Balaban J connectivity index is 3.22. The first-order valence-electron chi connectivity index (χ1n) is 4.55. The summed E-state index contributed by atoms with van der Waals surface area (Å²) in [6, 6.07) is 0. The number of esters is 1. The molecule has 7 heteroatoms. The van der Waals surface area contributed by atoms with Crippen LogP contribution in [0, 0.1) is 6.92 Å². The first kappa shape index (κ1) is 13.1. The number of primary sulfonamides is 1. The Labute approximate surface area is 98.3 Å². The maximum Gasteiger partial charge on any atom is 0.349 e. The Kier molecular flexibility index (Phi) is 3.72. The van der Waals surface area contributed by atoms with Gasteiger partial charge in [-0.2, -0.15) is 0 Å². The second-order valence-electron chi connectivity index (χ2n) is 3.58. The number of sulfonamides is 1. The second kappa shape index (κ2) is 4.52. The van der Waals surface area contributed by atoms with Crippen LogP contribution in [0.15, 0.2) is 10.3 Å². The lowest BCUT2D eigenvalue weighted by Gasteiger charge is -2.07. The van der Waals surface area contributed by atoms with Crippen LogP contribution < -0.4 is 5.14 Å². The van der Waals surface area contributed by atoms with Crippen molar-refractivity contribution in [1.82, 2.24) is 0 Å². The zero-order valence-corrected chi connectivity index (χ0v) is 10.8. The molecule has 0 saturated carbocycles. The van der Waals surface area contributed by atoms with E-state index in [2.05, 4.69) is 0 Å². The van der Waals surface area contributed by atoms with Crippen LogP contribution in [0.3, 0.4) is 0 Å². The largest absolute Gasteiger partial charge is 0.459 e. The average Bonchev–Trinajstić information content (AvgIpc) is 2.44. The van der Waals surface area contributed by atoms with Crippen LogP contribution in [0.1, 0.15) is 29.1 Å². The van der Waals surface area contributed by atoms with Gasteiger partial charge in [0.15, 0.2) is 0 Å². The summed E-state index contributed by atoms with van der Waals surface area (Å²) in [6.07, 6.45) is -0.303. The summed E-state index contributed by atoms with van der Waals surface area (Å²) in [5, 5.41) is 6.61. The van der Waals surface area contributed by atoms with E-state index >= 15 is 0 Å². The molecule has 0 aromatic carbocycles. The predicted molar refractivity (Wildman–Crippen MR) is 61.0 cm³/mol. The van der Waals surface area contributed by atoms with Gasteiger partial charge >= 0.3 is 5.97 Å². The second-order valence-corrected chi connectivity index (χ2v) is 5.95. The third-order valence-electron chi connectivity index (χ3n) is 1.73. The van der Waals surface area contributed by atoms with E-state index in [9.17, 15) is 13.2 Å². The van der Waals surface area contributed by atoms with Gasteiger partial charge in [0.05, 0.1) is 6.10 Å². The molecule has 0 aliphatic rings. The highest BCUT2D eigenvalue weighted by molar-refractivity contribution is 7.89. The summed E-state index contributed by atoms with van der Waals surface area (Å²) >= 11 is 1.02. The van der Waals surface area contributed by atoms with E-state index in [0.717, 1.165) is 11.3 Å². The van der Waals surface area contributed by atoms with E-state index in [1.165, 1.54) is 0 Å². The zero-order valence-electron chi connectivity index (χ0n) is 9.18. The Morgan fingerprint density at radius 2 is 2.06 bits per heavy atom. The Bertz CT molecular complexity index is 502. The molecule has 16 heavy (non-hydrogen) atoms. The van der Waals surface area contributed by atoms with E-state index in [4.69, 9.17) is 9.88 Å². The van der Waals surface area contributed by atoms with Crippen LogP contribution >= 0.6 is 11.3 Å². The lowest BCUT2D eigenvalue weighted by molar-refractivity contribution is 0.0379. The molecule has 0 fully saturated rings. The quantitative estimate of drug-likeness (QED) is 0.832. The van der Waals surface area contributed by atoms with Gasteiger partial charge in [0.25, 0.3) is 0 Å². The van der Waals surface area contributed by atoms with Gasteiger partial charge in [0.1, 0.15) is 9.77 Å². The van der Waals surface area contributed by atoms with E-state index in [0.29, 0.717) is 5.56 Å². The molecule has 0 saturated heterocycles. The fraction of sp³-hybridized carbons (Fsp3) is 0.444. The number of aryl methyl sites for hydroxylation is 1. The number of carbonyl (C=O) groups excluding carboxylic acids is 1. The average molecular weight is 263 g/mol. The summed E-state index contributed by atoms with van der Waals surface area (Å²) in [6.45, 7) is 4.96. The molecule has 2 N–H and O–H groups in total. The first-order chi connectivity index (χ1) is 7.23. The third-order valence-corrected chi connectivity index (χ3v) is 4.03. The topological polar surface area (TPSA) is 86.5 Å². The van der Waals surface area contributed by atoms with Gasteiger partial charge in [-0.3, -0.25) is 0 Å². The van der Waals surface area contributed by atoms with Crippen LogP contribution in [-0.4, -0.2) is 20.5 Å². The van der Waals surface area contributed by atoms with Gasteiger partial charge in [-0.25, -0.2) is 18.4 Å². The Morgan fingerprint density at radius 1 is 1.50 bits per heavy atom. The lowest BCUT2D eigenvalue weighted by Crippen LogP contribution is -2.18. The van der Waals surface area contributed by atoms with Gasteiger partial charge in [0, 0.05) is 0 Å². The van der Waals surface area contributed by atoms with Crippen molar-refractivity contribution in [2.24, 2.45) is 5.14 Å². The molecule has 0 aliphatic carbocycles. The fourth-order valence-corrected chi connectivity index (χ4v) is 3.44. The first-order valence-corrected chi connectivity index (χ1v) is 6.98. The highest BCUT2D eigenvalue weighted by atomic mass is 32.2. The molecule has 1 heterocycles. The molecule has 1 aromatic rings. The minimum absolute atomic E-state index is 0.0358. The molecule has 0 radical (unpaired) electrons. The molecule has 0 spiro atoms. The number of hydrogen-bond donors (Lipinski definition) is 1. The van der Waals surface area contributed by atoms with E-state index in [1.807, 2.05) is 0 Å². The van der Waals surface area contributed by atoms with Gasteiger partial charge in [-0.05, 0) is 31.7 Å². The highest BCUT2D eigenvalue weighted by Crippen LogP contribution is 2.26. The number of rotatable bonds is 3. The standard InChI is InChI=1S/C9H13NO4S2/c1-5(2)14-9(11)7-8(16(10,12)13)6(3)4-15-7/h4-5H,1-3H3,(H2,10,12,13). The van der Waals surface area contributed by atoms with Crippen molar-refractivity contribution in [3.63, 3.8) is 0 Å². The molecular weight excluding hydrogens is 250 g/mol. The van der Waals surface area contributed by atoms with Gasteiger partial charge in [0.2, 0.25) is 10.0 Å². The van der Waals surface area contributed by atoms with Crippen LogP contribution in [-0.2, 0) is 14.8 Å². The molecule has 0 bridgehead atoms. The minimum atomic E-state index is -3.89. The van der Waals surface area contributed by atoms with Gasteiger partial charge in [-0.1, -0.05) is 0 Å². The highest BCUT2D eigenvalue weighted by Gasteiger charge is 2.25. The minimum Gasteiger partial charge on any atom is -0.459 e. The summed E-state index contributed by atoms with van der Waals surface area (Å²) in [4.78, 5) is 11.5. The summed E-state index contributed by atoms with van der Waals surface area (Å²) in [7, 11) is -3.89. The van der Waals surface area contributed by atoms with E-state index < -0.39 is 16.0 Å². The number of carbonyl (C=O) groups is 1. The Morgan fingerprint density at radius 3 is 2.50 bits per heavy atom. The number of nitrogens with two attached hydrogens (primary N) is 1. The van der Waals surface area contributed by atoms with Gasteiger partial charge < -0.3 is 4.74 Å². The van der Waals surface area contributed by atoms with Crippen molar-refractivity contribution >= 4 is 27.3 Å². The van der Waals surface area contributed by atoms with Crippen molar-refractivity contribution < 1.29 is 17.9 Å². The molecule has 5 nitrogen and oxygen atoms in total. The van der Waals surface area contributed by atoms with Crippen molar-refractivity contribution in [3.05, 3.63) is 15.8 Å². The fourth-order valence-electron chi connectivity index (χ4n) is 1.20. The van der Waals surface area contributed by atoms with Gasteiger partial charge in [-0.15, -0.1) is 11.3 Å². The lowest BCUT2D eigenvalue weighted by atomic mass is 10.3. The third kappa shape index (κ3) is 2.81. The number of hydrogen-bond acceptors (Lipinski definition) is 5. The molecule has 1 rings (SSSR count). The summed E-state index contributed by atoms with van der Waals surface area (Å²) in [5.41, 5.74) is 0.461. The van der Waals surface area contributed by atoms with Crippen molar-refractivity contribution in [3.8, 4) is 0 Å². The predicted octanol–water partition coefficient (Wildman–Crippen LogP) is 1.27. The SMILES string of the molecule is Cc1csc(C(=O)OC(C)C)c1S(N)(=O)=O. The summed E-state index contributed by atoms with van der Waals surface area (Å²) in [5.74, 6) is -0.655. The number of thiophene rings is 1. The molecule has 90 valence electrons. The smallest absolute Gasteiger partial charge is 0.349 e. The van der Waals surface area contributed by atoms with E-state index in [-0.39, 0.29) is 15.9 Å². The molecule has 0 aliphatic heterocycles. The Hall–Kier alpha value is -0.920. The molecule has 0 amide bonds. The normalized spacial score (nSPS) is 11.8. The van der Waals surface area contributed by atoms with E-state index in [1.54, 1.807) is 26.2 Å².